The SMILES string of the molecule is COc1ccc2nc(N(Cc3cccnc3)C(=O)c3cc4ccccc4oc3=O)sc2c1. The molecule has 7 nitrogen and oxygen atoms in total. The predicted octanol–water partition coefficient (Wildman–Crippen LogP) is 4.65. The largest absolute Gasteiger partial charge is 0.497 e. The van der Waals surface area contributed by atoms with E-state index in [2.05, 4.69) is 9.97 Å². The van der Waals surface area contributed by atoms with Crippen molar-refractivity contribution >= 4 is 43.6 Å². The van der Waals surface area contributed by atoms with Crippen molar-refractivity contribution < 1.29 is 13.9 Å². The van der Waals surface area contributed by atoms with Gasteiger partial charge in [-0.05, 0) is 42.0 Å². The average molecular weight is 443 g/mol. The van der Waals surface area contributed by atoms with E-state index >= 15 is 0 Å². The average Bonchev–Trinajstić information content (AvgIpc) is 3.25. The molecule has 158 valence electrons. The topological polar surface area (TPSA) is 85.5 Å². The number of benzene rings is 2. The van der Waals surface area contributed by atoms with Crippen LogP contribution in [0, 0.1) is 0 Å². The first-order chi connectivity index (χ1) is 15.6. The van der Waals surface area contributed by atoms with Crippen molar-refractivity contribution in [3.05, 3.63) is 94.6 Å². The molecule has 1 amide bonds. The normalized spacial score (nSPS) is 11.0. The summed E-state index contributed by atoms with van der Waals surface area (Å²) in [5.74, 6) is 0.215. The van der Waals surface area contributed by atoms with E-state index in [1.54, 1.807) is 49.8 Å². The lowest BCUT2D eigenvalue weighted by Crippen LogP contribution is -2.33. The Labute approximate surface area is 186 Å². The van der Waals surface area contributed by atoms with E-state index in [4.69, 9.17) is 9.15 Å². The lowest BCUT2D eigenvalue weighted by atomic mass is 10.1. The number of nitrogens with zero attached hydrogens (tertiary/aromatic N) is 3. The van der Waals surface area contributed by atoms with Crippen LogP contribution in [0.5, 0.6) is 5.75 Å². The maximum absolute atomic E-state index is 13.6. The number of ether oxygens (including phenoxy) is 1. The molecule has 0 aliphatic heterocycles. The lowest BCUT2D eigenvalue weighted by Gasteiger charge is -2.19. The monoisotopic (exact) mass is 443 g/mol. The van der Waals surface area contributed by atoms with Crippen molar-refractivity contribution in [2.24, 2.45) is 0 Å². The van der Waals surface area contributed by atoms with Crippen LogP contribution in [0.1, 0.15) is 15.9 Å². The maximum Gasteiger partial charge on any atom is 0.349 e. The summed E-state index contributed by atoms with van der Waals surface area (Å²) >= 11 is 1.35. The molecule has 8 heteroatoms. The van der Waals surface area contributed by atoms with Gasteiger partial charge in [-0.2, -0.15) is 0 Å². The Morgan fingerprint density at radius 1 is 1.12 bits per heavy atom. The third-order valence-electron chi connectivity index (χ3n) is 5.00. The zero-order valence-corrected chi connectivity index (χ0v) is 17.8. The fourth-order valence-corrected chi connectivity index (χ4v) is 4.38. The van der Waals surface area contributed by atoms with E-state index in [1.807, 2.05) is 30.3 Å². The minimum Gasteiger partial charge on any atom is -0.497 e. The van der Waals surface area contributed by atoms with Crippen LogP contribution in [0.3, 0.4) is 0 Å². The van der Waals surface area contributed by atoms with Crippen molar-refractivity contribution in [3.8, 4) is 5.75 Å². The molecular weight excluding hydrogens is 426 g/mol. The van der Waals surface area contributed by atoms with Crippen molar-refractivity contribution in [2.75, 3.05) is 12.0 Å². The van der Waals surface area contributed by atoms with Gasteiger partial charge in [-0.25, -0.2) is 9.78 Å². The van der Waals surface area contributed by atoms with Gasteiger partial charge in [-0.1, -0.05) is 35.6 Å². The summed E-state index contributed by atoms with van der Waals surface area (Å²) in [6.45, 7) is 0.204. The Balaban J connectivity index is 1.62. The van der Waals surface area contributed by atoms with Gasteiger partial charge >= 0.3 is 5.63 Å². The van der Waals surface area contributed by atoms with Crippen LogP contribution in [0.4, 0.5) is 5.13 Å². The molecule has 0 saturated heterocycles. The van der Waals surface area contributed by atoms with Gasteiger partial charge in [0.05, 0.1) is 23.9 Å². The quantitative estimate of drug-likeness (QED) is 0.368. The van der Waals surface area contributed by atoms with Crippen molar-refractivity contribution in [1.82, 2.24) is 9.97 Å². The molecule has 5 aromatic rings. The van der Waals surface area contributed by atoms with Gasteiger partial charge in [-0.15, -0.1) is 0 Å². The van der Waals surface area contributed by atoms with E-state index in [0.29, 0.717) is 21.9 Å². The zero-order valence-electron chi connectivity index (χ0n) is 17.0. The van der Waals surface area contributed by atoms with Gasteiger partial charge in [0.15, 0.2) is 5.13 Å². The van der Waals surface area contributed by atoms with Crippen molar-refractivity contribution in [3.63, 3.8) is 0 Å². The van der Waals surface area contributed by atoms with E-state index in [1.165, 1.54) is 16.2 Å². The number of carbonyl (C=O) groups is 1. The Morgan fingerprint density at radius 3 is 2.81 bits per heavy atom. The van der Waals surface area contributed by atoms with Gasteiger partial charge in [-0.3, -0.25) is 14.7 Å². The number of hydrogen-bond donors (Lipinski definition) is 0. The summed E-state index contributed by atoms with van der Waals surface area (Å²) in [6, 6.07) is 17.8. The molecule has 0 radical (unpaired) electrons. The van der Waals surface area contributed by atoms with Gasteiger partial charge in [0.2, 0.25) is 0 Å². The molecule has 0 aliphatic carbocycles. The number of para-hydroxylation sites is 1. The standard InChI is InChI=1S/C24H17N3O4S/c1-30-17-8-9-19-21(12-17)32-24(26-19)27(14-15-5-4-10-25-13-15)22(28)18-11-16-6-2-3-7-20(16)31-23(18)29/h2-13H,14H2,1H3. The molecule has 3 aromatic heterocycles. The number of fused-ring (bicyclic) bond motifs is 2. The number of carbonyl (C=O) groups excluding carboxylic acids is 1. The first-order valence-corrected chi connectivity index (χ1v) is 10.6. The highest BCUT2D eigenvalue weighted by atomic mass is 32.1. The van der Waals surface area contributed by atoms with Gasteiger partial charge in [0.1, 0.15) is 16.9 Å². The Morgan fingerprint density at radius 2 is 2.00 bits per heavy atom. The van der Waals surface area contributed by atoms with Crippen molar-refractivity contribution in [1.29, 1.82) is 0 Å². The van der Waals surface area contributed by atoms with Gasteiger partial charge in [0.25, 0.3) is 5.91 Å². The van der Waals surface area contributed by atoms with Crippen LogP contribution in [0.15, 0.2) is 82.3 Å². The predicted molar refractivity (Wildman–Crippen MR) is 123 cm³/mol. The number of methoxy groups -OCH3 is 1. The van der Waals surface area contributed by atoms with Crippen molar-refractivity contribution in [2.45, 2.75) is 6.54 Å². The molecule has 0 spiro atoms. The summed E-state index contributed by atoms with van der Waals surface area (Å²) < 4.78 is 11.6. The minimum atomic E-state index is -0.687. The molecule has 2 aromatic carbocycles. The highest BCUT2D eigenvalue weighted by Crippen LogP contribution is 2.33. The molecule has 3 heterocycles. The number of rotatable bonds is 5. The second kappa shape index (κ2) is 8.24. The van der Waals surface area contributed by atoms with Gasteiger partial charge in [0, 0.05) is 17.8 Å². The summed E-state index contributed by atoms with van der Waals surface area (Å²) in [7, 11) is 1.60. The summed E-state index contributed by atoms with van der Waals surface area (Å²) in [5, 5.41) is 1.14. The molecule has 32 heavy (non-hydrogen) atoms. The number of aromatic nitrogens is 2. The Bertz CT molecular complexity index is 1490. The number of amides is 1. The van der Waals surface area contributed by atoms with Crippen LogP contribution >= 0.6 is 11.3 Å². The van der Waals surface area contributed by atoms with E-state index in [0.717, 1.165) is 15.8 Å². The molecule has 0 fully saturated rings. The fourth-order valence-electron chi connectivity index (χ4n) is 3.39. The third kappa shape index (κ3) is 3.72. The number of anilines is 1. The molecular formula is C24H17N3O4S. The Kier molecular flexibility index (Phi) is 5.12. The van der Waals surface area contributed by atoms with Gasteiger partial charge < -0.3 is 9.15 Å². The zero-order chi connectivity index (χ0) is 22.1. The van der Waals surface area contributed by atoms with E-state index in [9.17, 15) is 9.59 Å². The van der Waals surface area contributed by atoms with Crippen LogP contribution in [0.25, 0.3) is 21.2 Å². The molecule has 0 unspecified atom stereocenters. The third-order valence-corrected chi connectivity index (χ3v) is 6.04. The second-order valence-corrected chi connectivity index (χ2v) is 8.08. The molecule has 0 saturated carbocycles. The molecule has 5 rings (SSSR count). The van der Waals surface area contributed by atoms with E-state index < -0.39 is 11.5 Å². The summed E-state index contributed by atoms with van der Waals surface area (Å²) in [6.07, 6.45) is 3.34. The highest BCUT2D eigenvalue weighted by molar-refractivity contribution is 7.22. The molecule has 0 aliphatic rings. The number of hydrogen-bond acceptors (Lipinski definition) is 7. The van der Waals surface area contributed by atoms with Crippen LogP contribution < -0.4 is 15.3 Å². The molecule has 0 N–H and O–H groups in total. The lowest BCUT2D eigenvalue weighted by molar-refractivity contribution is 0.0981. The number of thiazole rings is 1. The highest BCUT2D eigenvalue weighted by Gasteiger charge is 2.25. The smallest absolute Gasteiger partial charge is 0.349 e. The first-order valence-electron chi connectivity index (χ1n) is 9.80. The fraction of sp³-hybridized carbons (Fsp3) is 0.0833. The number of pyridine rings is 1. The van der Waals surface area contributed by atoms with Crippen LogP contribution in [-0.4, -0.2) is 23.0 Å². The minimum absolute atomic E-state index is 0.0515. The van der Waals surface area contributed by atoms with E-state index in [-0.39, 0.29) is 12.1 Å². The molecule has 0 bridgehead atoms. The van der Waals surface area contributed by atoms with Crippen LogP contribution in [-0.2, 0) is 6.54 Å². The first kappa shape index (κ1) is 19.9. The summed E-state index contributed by atoms with van der Waals surface area (Å²) in [5.41, 5.74) is 1.24. The molecule has 0 atom stereocenters. The van der Waals surface area contributed by atoms with Crippen LogP contribution in [0.2, 0.25) is 0 Å². The second-order valence-electron chi connectivity index (χ2n) is 7.07. The Hall–Kier alpha value is -4.04. The summed E-state index contributed by atoms with van der Waals surface area (Å²) in [4.78, 5) is 36.5. The maximum atomic E-state index is 13.6.